The van der Waals surface area contributed by atoms with Crippen molar-refractivity contribution >= 4 is 33.3 Å². The minimum Gasteiger partial charge on any atom is -0.487 e. The summed E-state index contributed by atoms with van der Waals surface area (Å²) in [7, 11) is 0. The molecule has 1 aliphatic rings. The minimum absolute atomic E-state index is 0.191. The van der Waals surface area contributed by atoms with Crippen molar-refractivity contribution in [3.05, 3.63) is 45.3 Å². The molecule has 0 spiro atoms. The number of unbranched alkanes of at least 4 members (excludes halogenated alkanes) is 1. The van der Waals surface area contributed by atoms with Gasteiger partial charge in [0.25, 0.3) is 5.91 Å². The number of nitrogens with one attached hydrogen (secondary N) is 1. The van der Waals surface area contributed by atoms with Crippen molar-refractivity contribution in [2.75, 3.05) is 11.9 Å². The predicted molar refractivity (Wildman–Crippen MR) is 120 cm³/mol. The highest BCUT2D eigenvalue weighted by molar-refractivity contribution is 7.13. The molecule has 3 aromatic rings. The maximum absolute atomic E-state index is 12.3. The van der Waals surface area contributed by atoms with Gasteiger partial charge in [0.2, 0.25) is 0 Å². The number of carbonyl (C=O) groups is 1. The lowest BCUT2D eigenvalue weighted by atomic mass is 9.91. The number of aryl methyl sites for hydroxylation is 2. The Bertz CT molecular complexity index is 1150. The number of aromatic nitrogens is 1. The Morgan fingerprint density at radius 1 is 1.35 bits per heavy atom. The molecule has 0 atom stereocenters. The molecule has 1 aromatic carbocycles. The van der Waals surface area contributed by atoms with Gasteiger partial charge < -0.3 is 13.9 Å². The molecule has 3 heterocycles. The van der Waals surface area contributed by atoms with Gasteiger partial charge in [0.1, 0.15) is 22.7 Å². The lowest BCUT2D eigenvalue weighted by Crippen LogP contribution is -2.32. The number of rotatable bonds is 7. The summed E-state index contributed by atoms with van der Waals surface area (Å²) in [5.74, 6) is 0.806. The van der Waals surface area contributed by atoms with Gasteiger partial charge in [-0.2, -0.15) is 0 Å². The van der Waals surface area contributed by atoms with Gasteiger partial charge in [0.05, 0.1) is 5.39 Å². The molecule has 2 aromatic heterocycles. The number of amides is 1. The molecule has 0 saturated carbocycles. The lowest BCUT2D eigenvalue weighted by Gasteiger charge is -2.33. The van der Waals surface area contributed by atoms with Crippen LogP contribution in [0.4, 0.5) is 5.13 Å². The standard InChI is InChI=1S/C23H26N2O5S/c1-4-5-6-14-11-19(27)29-21-15-7-8-23(2,3)30-16(15)12-17(20(14)21)28-13-18(26)25-22-24-9-10-31-22/h9-12H,4-8,13H2,1-3H3,(H,24,25,26). The molecule has 0 unspecified atom stereocenters. The van der Waals surface area contributed by atoms with E-state index in [2.05, 4.69) is 17.2 Å². The third kappa shape index (κ3) is 4.74. The van der Waals surface area contributed by atoms with Crippen LogP contribution in [0.2, 0.25) is 0 Å². The van der Waals surface area contributed by atoms with Crippen LogP contribution in [0.15, 0.2) is 32.9 Å². The number of thiazole rings is 1. The number of carbonyl (C=O) groups excluding carboxylic acids is 1. The van der Waals surface area contributed by atoms with Gasteiger partial charge in [-0.25, -0.2) is 9.78 Å². The van der Waals surface area contributed by atoms with E-state index in [0.29, 0.717) is 22.2 Å². The Balaban J connectivity index is 1.74. The van der Waals surface area contributed by atoms with E-state index in [4.69, 9.17) is 13.9 Å². The van der Waals surface area contributed by atoms with Crippen LogP contribution in [0.3, 0.4) is 0 Å². The molecule has 1 N–H and O–H groups in total. The number of hydrogen-bond donors (Lipinski definition) is 1. The van der Waals surface area contributed by atoms with Crippen molar-refractivity contribution in [1.82, 2.24) is 4.98 Å². The topological polar surface area (TPSA) is 90.7 Å². The fraction of sp³-hybridized carbons (Fsp3) is 0.435. The number of hydrogen-bond acceptors (Lipinski definition) is 7. The van der Waals surface area contributed by atoms with Crippen molar-refractivity contribution in [3.8, 4) is 11.5 Å². The summed E-state index contributed by atoms with van der Waals surface area (Å²) < 4.78 is 17.8. The lowest BCUT2D eigenvalue weighted by molar-refractivity contribution is -0.118. The molecule has 0 aliphatic carbocycles. The number of fused-ring (bicyclic) bond motifs is 3. The van der Waals surface area contributed by atoms with E-state index in [1.54, 1.807) is 11.6 Å². The summed E-state index contributed by atoms with van der Waals surface area (Å²) in [6.07, 6.45) is 5.84. The third-order valence-corrected chi connectivity index (χ3v) is 6.01. The summed E-state index contributed by atoms with van der Waals surface area (Å²) >= 11 is 1.34. The highest BCUT2D eigenvalue weighted by atomic mass is 32.1. The van der Waals surface area contributed by atoms with Crippen LogP contribution in [-0.4, -0.2) is 23.1 Å². The quantitative estimate of drug-likeness (QED) is 0.533. The zero-order valence-electron chi connectivity index (χ0n) is 17.9. The SMILES string of the molecule is CCCCc1cc(=O)oc2c3c(cc(OCC(=O)Nc4nccs4)c12)OC(C)(C)CC3. The largest absolute Gasteiger partial charge is 0.487 e. The van der Waals surface area contributed by atoms with Gasteiger partial charge in [-0.15, -0.1) is 11.3 Å². The first-order chi connectivity index (χ1) is 14.9. The summed E-state index contributed by atoms with van der Waals surface area (Å²) in [5, 5.41) is 5.76. The van der Waals surface area contributed by atoms with E-state index in [0.717, 1.165) is 48.6 Å². The Hall–Kier alpha value is -2.87. The summed E-state index contributed by atoms with van der Waals surface area (Å²) in [6, 6.07) is 3.35. The smallest absolute Gasteiger partial charge is 0.336 e. The van der Waals surface area contributed by atoms with Crippen LogP contribution in [0, 0.1) is 0 Å². The van der Waals surface area contributed by atoms with E-state index in [-0.39, 0.29) is 23.7 Å². The zero-order chi connectivity index (χ0) is 22.0. The Morgan fingerprint density at radius 3 is 2.94 bits per heavy atom. The number of benzene rings is 1. The summed E-state index contributed by atoms with van der Waals surface area (Å²) in [6.45, 7) is 5.96. The van der Waals surface area contributed by atoms with E-state index in [9.17, 15) is 9.59 Å². The molecule has 0 saturated heterocycles. The summed E-state index contributed by atoms with van der Waals surface area (Å²) in [5.41, 5.74) is 1.53. The first-order valence-corrected chi connectivity index (χ1v) is 11.4. The van der Waals surface area contributed by atoms with Gasteiger partial charge in [0.15, 0.2) is 11.7 Å². The average molecular weight is 443 g/mol. The van der Waals surface area contributed by atoms with Crippen molar-refractivity contribution in [1.29, 1.82) is 0 Å². The van der Waals surface area contributed by atoms with E-state index in [1.165, 1.54) is 17.4 Å². The van der Waals surface area contributed by atoms with E-state index < -0.39 is 0 Å². The molecule has 0 bridgehead atoms. The van der Waals surface area contributed by atoms with Gasteiger partial charge >= 0.3 is 5.63 Å². The maximum atomic E-state index is 12.3. The molecule has 1 aliphatic heterocycles. The monoisotopic (exact) mass is 442 g/mol. The predicted octanol–water partition coefficient (Wildman–Crippen LogP) is 4.71. The molecular formula is C23H26N2O5S. The average Bonchev–Trinajstić information content (AvgIpc) is 3.22. The molecular weight excluding hydrogens is 416 g/mol. The van der Waals surface area contributed by atoms with Crippen LogP contribution >= 0.6 is 11.3 Å². The van der Waals surface area contributed by atoms with Gasteiger partial charge in [-0.05, 0) is 45.1 Å². The van der Waals surface area contributed by atoms with Gasteiger partial charge in [0, 0.05) is 29.3 Å². The molecule has 0 fully saturated rings. The fourth-order valence-corrected chi connectivity index (χ4v) is 4.32. The molecule has 164 valence electrons. The fourth-order valence-electron chi connectivity index (χ4n) is 3.78. The van der Waals surface area contributed by atoms with Crippen LogP contribution in [0.25, 0.3) is 11.0 Å². The maximum Gasteiger partial charge on any atom is 0.336 e. The Morgan fingerprint density at radius 2 is 2.19 bits per heavy atom. The molecule has 1 amide bonds. The second kappa shape index (κ2) is 8.70. The van der Waals surface area contributed by atoms with Gasteiger partial charge in [-0.1, -0.05) is 13.3 Å². The first-order valence-electron chi connectivity index (χ1n) is 10.5. The van der Waals surface area contributed by atoms with Crippen molar-refractivity contribution < 1.29 is 18.7 Å². The van der Waals surface area contributed by atoms with E-state index >= 15 is 0 Å². The first kappa shape index (κ1) is 21.4. The highest BCUT2D eigenvalue weighted by Crippen LogP contribution is 2.43. The Kier molecular flexibility index (Phi) is 6.00. The van der Waals surface area contributed by atoms with Crippen LogP contribution in [-0.2, 0) is 17.6 Å². The summed E-state index contributed by atoms with van der Waals surface area (Å²) in [4.78, 5) is 28.7. The molecule has 8 heteroatoms. The van der Waals surface area contributed by atoms with Crippen molar-refractivity contribution in [2.45, 2.75) is 58.5 Å². The molecule has 31 heavy (non-hydrogen) atoms. The third-order valence-electron chi connectivity index (χ3n) is 5.32. The molecule has 7 nitrogen and oxygen atoms in total. The zero-order valence-corrected chi connectivity index (χ0v) is 18.8. The second-order valence-corrected chi connectivity index (χ2v) is 9.18. The minimum atomic E-state index is -0.385. The van der Waals surface area contributed by atoms with Crippen LogP contribution in [0.5, 0.6) is 11.5 Å². The van der Waals surface area contributed by atoms with Crippen LogP contribution in [0.1, 0.15) is 51.2 Å². The highest BCUT2D eigenvalue weighted by Gasteiger charge is 2.31. The normalized spacial score (nSPS) is 14.7. The second-order valence-electron chi connectivity index (χ2n) is 8.29. The van der Waals surface area contributed by atoms with Crippen LogP contribution < -0.4 is 20.4 Å². The number of ether oxygens (including phenoxy) is 2. The van der Waals surface area contributed by atoms with Crippen molar-refractivity contribution in [3.63, 3.8) is 0 Å². The number of nitrogens with zero attached hydrogens (tertiary/aromatic N) is 1. The number of anilines is 1. The molecule has 4 rings (SSSR count). The Labute approximate surface area is 184 Å². The van der Waals surface area contributed by atoms with E-state index in [1.807, 2.05) is 19.9 Å². The van der Waals surface area contributed by atoms with Crippen molar-refractivity contribution in [2.24, 2.45) is 0 Å². The molecule has 0 radical (unpaired) electrons. The van der Waals surface area contributed by atoms with Gasteiger partial charge in [-0.3, -0.25) is 10.1 Å².